The van der Waals surface area contributed by atoms with Crippen molar-refractivity contribution in [2.75, 3.05) is 0 Å². The summed E-state index contributed by atoms with van der Waals surface area (Å²) in [6.07, 6.45) is 0. The van der Waals surface area contributed by atoms with E-state index in [1.165, 1.54) is 0 Å². The van der Waals surface area contributed by atoms with E-state index in [0.717, 1.165) is 43.8 Å². The number of fused-ring (bicyclic) bond motifs is 1. The summed E-state index contributed by atoms with van der Waals surface area (Å²) < 4.78 is 0. The number of benzene rings is 7. The quantitative estimate of drug-likeness (QED) is 0.242. The first-order chi connectivity index (χ1) is 14.7. The van der Waals surface area contributed by atoms with E-state index < -0.39 is 0 Å². The van der Waals surface area contributed by atoms with Crippen LogP contribution in [-0.4, -0.2) is 10.2 Å². The summed E-state index contributed by atoms with van der Waals surface area (Å²) in [5.41, 5.74) is 4.42. The van der Waals surface area contributed by atoms with Gasteiger partial charge in [-0.2, -0.15) is 0 Å². The predicted octanol–water partition coefficient (Wildman–Crippen LogP) is 7.33. The number of hydrogen-bond donors (Lipinski definition) is 2. The third-order valence-corrected chi connectivity index (χ3v) is 6.03. The summed E-state index contributed by atoms with van der Waals surface area (Å²) in [4.78, 5) is 0. The van der Waals surface area contributed by atoms with Crippen LogP contribution in [0.5, 0.6) is 11.5 Å². The topological polar surface area (TPSA) is 40.5 Å². The SMILES string of the molecule is Oc1c(O)c2c3ccc(-c4ccccc4)cc3c1c1ccc(-c3ccccc3)cc12. The first-order valence-corrected chi connectivity index (χ1v) is 9.99. The Bertz CT molecular complexity index is 1410. The van der Waals surface area contributed by atoms with Crippen molar-refractivity contribution in [1.29, 1.82) is 0 Å². The van der Waals surface area contributed by atoms with Crippen molar-refractivity contribution in [3.8, 4) is 33.8 Å². The van der Waals surface area contributed by atoms with Crippen LogP contribution in [0.3, 0.4) is 0 Å². The summed E-state index contributed by atoms with van der Waals surface area (Å²) >= 11 is 0. The van der Waals surface area contributed by atoms with Crippen LogP contribution < -0.4 is 0 Å². The highest BCUT2D eigenvalue weighted by atomic mass is 16.3. The molecule has 7 aromatic carbocycles. The van der Waals surface area contributed by atoms with Gasteiger partial charge in [-0.05, 0) is 55.9 Å². The van der Waals surface area contributed by atoms with Crippen molar-refractivity contribution < 1.29 is 10.2 Å². The number of phenols is 4. The second-order valence-electron chi connectivity index (χ2n) is 7.70. The first-order valence-electron chi connectivity index (χ1n) is 9.99. The maximum atomic E-state index is 10.8. The Morgan fingerprint density at radius 2 is 0.767 bits per heavy atom. The van der Waals surface area contributed by atoms with Crippen LogP contribution in [0.4, 0.5) is 0 Å². The molecule has 0 amide bonds. The molecule has 0 aliphatic heterocycles. The molecule has 142 valence electrons. The molecule has 0 unspecified atom stereocenters. The Morgan fingerprint density at radius 3 is 1.17 bits per heavy atom. The summed E-state index contributed by atoms with van der Waals surface area (Å²) in [5.74, 6) is -0.0784. The average Bonchev–Trinajstić information content (AvgIpc) is 2.81. The molecular formula is C28H18O2. The fraction of sp³-hybridized carbons (Fsp3) is 0. The summed E-state index contributed by atoms with van der Waals surface area (Å²) in [5, 5.41) is 26.8. The van der Waals surface area contributed by atoms with E-state index in [-0.39, 0.29) is 11.5 Å². The molecule has 2 N–H and O–H groups in total. The Labute approximate surface area is 173 Å². The molecule has 0 heterocycles. The number of rotatable bonds is 2. The van der Waals surface area contributed by atoms with Crippen molar-refractivity contribution in [2.45, 2.75) is 0 Å². The van der Waals surface area contributed by atoms with Crippen LogP contribution in [0.1, 0.15) is 0 Å². The smallest absolute Gasteiger partial charge is 0.166 e. The lowest BCUT2D eigenvalue weighted by atomic mass is 9.87. The van der Waals surface area contributed by atoms with E-state index in [4.69, 9.17) is 0 Å². The molecule has 0 atom stereocenters. The zero-order valence-corrected chi connectivity index (χ0v) is 16.1. The minimum Gasteiger partial charge on any atom is -0.504 e. The Kier molecular flexibility index (Phi) is 3.50. The maximum absolute atomic E-state index is 10.8. The van der Waals surface area contributed by atoms with E-state index >= 15 is 0 Å². The van der Waals surface area contributed by atoms with E-state index in [9.17, 15) is 10.2 Å². The van der Waals surface area contributed by atoms with Gasteiger partial charge in [-0.1, -0.05) is 84.9 Å². The molecule has 0 aliphatic carbocycles. The third-order valence-electron chi connectivity index (χ3n) is 6.03. The van der Waals surface area contributed by atoms with Gasteiger partial charge in [0, 0.05) is 10.8 Å². The fourth-order valence-corrected chi connectivity index (χ4v) is 4.60. The molecule has 7 rings (SSSR count). The van der Waals surface area contributed by atoms with Gasteiger partial charge in [-0.25, -0.2) is 0 Å². The van der Waals surface area contributed by atoms with Crippen molar-refractivity contribution in [3.05, 3.63) is 97.1 Å². The van der Waals surface area contributed by atoms with E-state index in [1.54, 1.807) is 0 Å². The zero-order valence-electron chi connectivity index (χ0n) is 16.1. The number of phenolic OH excluding ortho intramolecular Hbond substituents is 2. The Balaban J connectivity index is 1.70. The molecule has 30 heavy (non-hydrogen) atoms. The molecule has 0 spiro atoms. The molecule has 0 aromatic heterocycles. The molecule has 0 saturated heterocycles. The van der Waals surface area contributed by atoms with Crippen LogP contribution in [0.25, 0.3) is 54.6 Å². The summed E-state index contributed by atoms with van der Waals surface area (Å²) in [7, 11) is 0. The second kappa shape index (κ2) is 6.23. The fourth-order valence-electron chi connectivity index (χ4n) is 4.60. The highest BCUT2D eigenvalue weighted by Gasteiger charge is 2.21. The minimum atomic E-state index is -0.0392. The zero-order chi connectivity index (χ0) is 20.2. The molecule has 7 aromatic rings. The Morgan fingerprint density at radius 1 is 0.367 bits per heavy atom. The molecular weight excluding hydrogens is 368 g/mol. The van der Waals surface area contributed by atoms with Gasteiger partial charge >= 0.3 is 0 Å². The van der Waals surface area contributed by atoms with Crippen LogP contribution in [0.15, 0.2) is 97.1 Å². The van der Waals surface area contributed by atoms with Crippen molar-refractivity contribution >= 4 is 32.3 Å². The van der Waals surface area contributed by atoms with Crippen molar-refractivity contribution in [3.63, 3.8) is 0 Å². The van der Waals surface area contributed by atoms with Crippen LogP contribution in [0, 0.1) is 0 Å². The number of hydrogen-bond acceptors (Lipinski definition) is 2. The summed E-state index contributed by atoms with van der Waals surface area (Å²) in [6.45, 7) is 0. The molecule has 0 fully saturated rings. The molecule has 0 radical (unpaired) electrons. The van der Waals surface area contributed by atoms with Gasteiger partial charge < -0.3 is 10.2 Å². The Hall–Kier alpha value is -4.04. The van der Waals surface area contributed by atoms with Crippen LogP contribution >= 0.6 is 0 Å². The predicted molar refractivity (Wildman–Crippen MR) is 124 cm³/mol. The lowest BCUT2D eigenvalue weighted by molar-refractivity contribution is 0.412. The maximum Gasteiger partial charge on any atom is 0.166 e. The van der Waals surface area contributed by atoms with Crippen molar-refractivity contribution in [1.82, 2.24) is 0 Å². The van der Waals surface area contributed by atoms with Gasteiger partial charge in [-0.15, -0.1) is 0 Å². The normalized spacial score (nSPS) is 11.6. The lowest BCUT2D eigenvalue weighted by Gasteiger charge is -2.18. The first kappa shape index (κ1) is 16.9. The lowest BCUT2D eigenvalue weighted by Crippen LogP contribution is -1.90. The van der Waals surface area contributed by atoms with Gasteiger partial charge in [0.05, 0.1) is 0 Å². The second-order valence-corrected chi connectivity index (χ2v) is 7.70. The van der Waals surface area contributed by atoms with Crippen LogP contribution in [0.2, 0.25) is 0 Å². The van der Waals surface area contributed by atoms with Gasteiger partial charge in [0.25, 0.3) is 0 Å². The van der Waals surface area contributed by atoms with E-state index in [1.807, 2.05) is 48.5 Å². The number of aromatic hydroxyl groups is 2. The standard InChI is InChI=1S/C28H18O2/c29-27-25-22-14-12-20(18-9-5-2-6-10-18)16-24(22)26(28(27)30)21-13-11-19(15-23(21)25)17-7-3-1-4-8-17/h1-16,29-30H. The van der Waals surface area contributed by atoms with E-state index in [2.05, 4.69) is 48.5 Å². The van der Waals surface area contributed by atoms with Crippen molar-refractivity contribution in [2.24, 2.45) is 0 Å². The van der Waals surface area contributed by atoms with Gasteiger partial charge in [0.1, 0.15) is 0 Å². The molecule has 2 nitrogen and oxygen atoms in total. The average molecular weight is 386 g/mol. The highest BCUT2D eigenvalue weighted by Crippen LogP contribution is 2.51. The summed E-state index contributed by atoms with van der Waals surface area (Å²) in [6, 6.07) is 32.9. The minimum absolute atomic E-state index is 0.0392. The monoisotopic (exact) mass is 386 g/mol. The molecule has 2 bridgehead atoms. The van der Waals surface area contributed by atoms with Gasteiger partial charge in [0.2, 0.25) is 0 Å². The van der Waals surface area contributed by atoms with Gasteiger partial charge in [0.15, 0.2) is 11.5 Å². The van der Waals surface area contributed by atoms with E-state index in [0.29, 0.717) is 10.8 Å². The molecule has 2 heteroatoms. The van der Waals surface area contributed by atoms with Gasteiger partial charge in [-0.3, -0.25) is 0 Å². The molecule has 0 saturated carbocycles. The highest BCUT2D eigenvalue weighted by molar-refractivity contribution is 6.32. The third kappa shape index (κ3) is 2.31. The largest absolute Gasteiger partial charge is 0.504 e. The van der Waals surface area contributed by atoms with Crippen LogP contribution in [-0.2, 0) is 0 Å². The molecule has 0 aliphatic rings.